The maximum atomic E-state index is 13.0. The molecule has 0 radical (unpaired) electrons. The van der Waals surface area contributed by atoms with Crippen LogP contribution in [0, 0.1) is 0 Å². The standard InChI is InChI=1S/C26H26N2O5/c1-31-24-17-20(11-12-23(24)33-18-25(29)28-13-15-32-16-14-28)26(30)27-22-10-6-5-9-21(22)19-7-3-2-4-8-19/h2-12,17H,13-16,18H2,1H3,(H,27,30). The van der Waals surface area contributed by atoms with Gasteiger partial charge in [0, 0.05) is 29.9 Å². The fraction of sp³-hybridized carbons (Fsp3) is 0.231. The van der Waals surface area contributed by atoms with Gasteiger partial charge in [0.15, 0.2) is 18.1 Å². The van der Waals surface area contributed by atoms with Crippen molar-refractivity contribution in [3.8, 4) is 22.6 Å². The highest BCUT2D eigenvalue weighted by atomic mass is 16.5. The van der Waals surface area contributed by atoms with Crippen LogP contribution in [-0.2, 0) is 9.53 Å². The molecule has 1 aliphatic rings. The van der Waals surface area contributed by atoms with Gasteiger partial charge in [-0.15, -0.1) is 0 Å². The lowest BCUT2D eigenvalue weighted by molar-refractivity contribution is -0.137. The lowest BCUT2D eigenvalue weighted by Gasteiger charge is -2.26. The Morgan fingerprint density at radius 3 is 2.42 bits per heavy atom. The molecule has 1 heterocycles. The quantitative estimate of drug-likeness (QED) is 0.597. The Morgan fingerprint density at radius 1 is 0.939 bits per heavy atom. The van der Waals surface area contributed by atoms with E-state index in [1.165, 1.54) is 7.11 Å². The second-order valence-corrected chi connectivity index (χ2v) is 7.51. The van der Waals surface area contributed by atoms with E-state index in [4.69, 9.17) is 14.2 Å². The molecule has 0 spiro atoms. The zero-order valence-electron chi connectivity index (χ0n) is 18.5. The number of nitrogens with one attached hydrogen (secondary N) is 1. The number of benzene rings is 3. The third kappa shape index (κ3) is 5.51. The molecule has 7 nitrogen and oxygen atoms in total. The van der Waals surface area contributed by atoms with Gasteiger partial charge in [0.2, 0.25) is 0 Å². The van der Waals surface area contributed by atoms with Crippen molar-refractivity contribution in [2.75, 3.05) is 45.3 Å². The van der Waals surface area contributed by atoms with Crippen LogP contribution in [0.3, 0.4) is 0 Å². The number of para-hydroxylation sites is 1. The SMILES string of the molecule is COc1cc(C(=O)Nc2ccccc2-c2ccccc2)ccc1OCC(=O)N1CCOCC1. The van der Waals surface area contributed by atoms with Crippen LogP contribution in [0.25, 0.3) is 11.1 Å². The Morgan fingerprint density at radius 2 is 1.67 bits per heavy atom. The molecule has 0 aliphatic carbocycles. The molecule has 0 atom stereocenters. The molecule has 0 unspecified atom stereocenters. The Balaban J connectivity index is 1.45. The van der Waals surface area contributed by atoms with Crippen molar-refractivity contribution < 1.29 is 23.8 Å². The minimum atomic E-state index is -0.271. The van der Waals surface area contributed by atoms with E-state index in [9.17, 15) is 9.59 Å². The third-order valence-electron chi connectivity index (χ3n) is 5.40. The van der Waals surface area contributed by atoms with Gasteiger partial charge in [-0.1, -0.05) is 48.5 Å². The first-order chi connectivity index (χ1) is 16.2. The first-order valence-electron chi connectivity index (χ1n) is 10.8. The first kappa shape index (κ1) is 22.4. The molecule has 4 rings (SSSR count). The number of carbonyl (C=O) groups is 2. The maximum Gasteiger partial charge on any atom is 0.260 e. The molecule has 33 heavy (non-hydrogen) atoms. The second kappa shape index (κ2) is 10.7. The summed E-state index contributed by atoms with van der Waals surface area (Å²) in [6.07, 6.45) is 0. The fourth-order valence-corrected chi connectivity index (χ4v) is 3.63. The number of carbonyl (C=O) groups excluding carboxylic acids is 2. The van der Waals surface area contributed by atoms with Crippen LogP contribution >= 0.6 is 0 Å². The summed E-state index contributed by atoms with van der Waals surface area (Å²) >= 11 is 0. The Labute approximate surface area is 192 Å². The summed E-state index contributed by atoms with van der Waals surface area (Å²) in [7, 11) is 1.50. The van der Waals surface area contributed by atoms with Crippen molar-refractivity contribution in [1.82, 2.24) is 4.90 Å². The van der Waals surface area contributed by atoms with Gasteiger partial charge in [-0.25, -0.2) is 0 Å². The minimum absolute atomic E-state index is 0.105. The van der Waals surface area contributed by atoms with Gasteiger partial charge in [-0.2, -0.15) is 0 Å². The smallest absolute Gasteiger partial charge is 0.260 e. The lowest BCUT2D eigenvalue weighted by atomic mass is 10.0. The normalized spacial score (nSPS) is 13.3. The zero-order chi connectivity index (χ0) is 23.0. The maximum absolute atomic E-state index is 13.0. The summed E-state index contributed by atoms with van der Waals surface area (Å²) in [6, 6.07) is 22.4. The van der Waals surface area contributed by atoms with Crippen LogP contribution in [-0.4, -0.2) is 56.7 Å². The van der Waals surface area contributed by atoms with Crippen molar-refractivity contribution in [3.63, 3.8) is 0 Å². The van der Waals surface area contributed by atoms with Gasteiger partial charge in [0.05, 0.1) is 20.3 Å². The van der Waals surface area contributed by atoms with Crippen LogP contribution in [0.15, 0.2) is 72.8 Å². The number of nitrogens with zero attached hydrogens (tertiary/aromatic N) is 1. The van der Waals surface area contributed by atoms with E-state index in [-0.39, 0.29) is 18.4 Å². The topological polar surface area (TPSA) is 77.1 Å². The molecule has 1 aliphatic heterocycles. The van der Waals surface area contributed by atoms with Crippen molar-refractivity contribution >= 4 is 17.5 Å². The molecule has 0 saturated carbocycles. The highest BCUT2D eigenvalue weighted by Gasteiger charge is 2.19. The summed E-state index contributed by atoms with van der Waals surface area (Å²) in [4.78, 5) is 27.0. The molecule has 1 N–H and O–H groups in total. The van der Waals surface area contributed by atoms with E-state index in [0.717, 1.165) is 11.1 Å². The highest BCUT2D eigenvalue weighted by Crippen LogP contribution is 2.30. The molecular formula is C26H26N2O5. The molecular weight excluding hydrogens is 420 g/mol. The molecule has 3 aromatic rings. The number of anilines is 1. The number of hydrogen-bond acceptors (Lipinski definition) is 5. The predicted octanol–water partition coefficient (Wildman–Crippen LogP) is 3.85. The minimum Gasteiger partial charge on any atom is -0.493 e. The van der Waals surface area contributed by atoms with Gasteiger partial charge in [-0.3, -0.25) is 9.59 Å². The summed E-state index contributed by atoms with van der Waals surface area (Å²) in [5, 5.41) is 2.98. The summed E-state index contributed by atoms with van der Waals surface area (Å²) < 4.78 is 16.4. The first-order valence-corrected chi connectivity index (χ1v) is 10.8. The number of rotatable bonds is 7. The number of morpholine rings is 1. The van der Waals surface area contributed by atoms with Gasteiger partial charge in [0.1, 0.15) is 0 Å². The van der Waals surface area contributed by atoms with E-state index in [1.54, 1.807) is 23.1 Å². The van der Waals surface area contributed by atoms with E-state index in [1.807, 2.05) is 54.6 Å². The third-order valence-corrected chi connectivity index (χ3v) is 5.40. The van der Waals surface area contributed by atoms with Crippen LogP contribution < -0.4 is 14.8 Å². The molecule has 0 bridgehead atoms. The Hall–Kier alpha value is -3.84. The number of amides is 2. The molecule has 1 saturated heterocycles. The monoisotopic (exact) mass is 446 g/mol. The Kier molecular flexibility index (Phi) is 7.22. The van der Waals surface area contributed by atoms with Gasteiger partial charge in [0.25, 0.3) is 11.8 Å². The van der Waals surface area contributed by atoms with Crippen molar-refractivity contribution in [2.45, 2.75) is 0 Å². The van der Waals surface area contributed by atoms with E-state index >= 15 is 0 Å². The van der Waals surface area contributed by atoms with Crippen LogP contribution in [0.5, 0.6) is 11.5 Å². The average molecular weight is 447 g/mol. The lowest BCUT2D eigenvalue weighted by Crippen LogP contribution is -2.43. The van der Waals surface area contributed by atoms with E-state index in [0.29, 0.717) is 49.1 Å². The molecule has 170 valence electrons. The number of hydrogen-bond donors (Lipinski definition) is 1. The van der Waals surface area contributed by atoms with Crippen LogP contribution in [0.2, 0.25) is 0 Å². The summed E-state index contributed by atoms with van der Waals surface area (Å²) in [6.45, 7) is 2.08. The van der Waals surface area contributed by atoms with E-state index in [2.05, 4.69) is 5.32 Å². The zero-order valence-corrected chi connectivity index (χ0v) is 18.5. The van der Waals surface area contributed by atoms with Crippen molar-refractivity contribution in [1.29, 1.82) is 0 Å². The number of methoxy groups -OCH3 is 1. The van der Waals surface area contributed by atoms with Crippen LogP contribution in [0.4, 0.5) is 5.69 Å². The van der Waals surface area contributed by atoms with E-state index < -0.39 is 0 Å². The number of ether oxygens (including phenoxy) is 3. The predicted molar refractivity (Wildman–Crippen MR) is 126 cm³/mol. The molecule has 3 aromatic carbocycles. The fourth-order valence-electron chi connectivity index (χ4n) is 3.63. The Bertz CT molecular complexity index is 1110. The highest BCUT2D eigenvalue weighted by molar-refractivity contribution is 6.06. The average Bonchev–Trinajstić information content (AvgIpc) is 2.88. The van der Waals surface area contributed by atoms with Crippen molar-refractivity contribution in [3.05, 3.63) is 78.4 Å². The molecule has 0 aromatic heterocycles. The van der Waals surface area contributed by atoms with Crippen LogP contribution in [0.1, 0.15) is 10.4 Å². The summed E-state index contributed by atoms with van der Waals surface area (Å²) in [5.74, 6) is 0.404. The van der Waals surface area contributed by atoms with Gasteiger partial charge in [-0.05, 0) is 29.8 Å². The van der Waals surface area contributed by atoms with Crippen molar-refractivity contribution in [2.24, 2.45) is 0 Å². The largest absolute Gasteiger partial charge is 0.493 e. The van der Waals surface area contributed by atoms with Gasteiger partial charge < -0.3 is 24.4 Å². The molecule has 1 fully saturated rings. The molecule has 2 amide bonds. The summed E-state index contributed by atoms with van der Waals surface area (Å²) in [5.41, 5.74) is 3.07. The second-order valence-electron chi connectivity index (χ2n) is 7.51. The van der Waals surface area contributed by atoms with Gasteiger partial charge >= 0.3 is 0 Å². The molecule has 7 heteroatoms.